The van der Waals surface area contributed by atoms with Crippen molar-refractivity contribution in [2.24, 2.45) is 0 Å². The summed E-state index contributed by atoms with van der Waals surface area (Å²) in [6.45, 7) is 4.00. The van der Waals surface area contributed by atoms with Gasteiger partial charge in [-0.3, -0.25) is 9.78 Å². The van der Waals surface area contributed by atoms with E-state index in [0.29, 0.717) is 28.6 Å². The van der Waals surface area contributed by atoms with E-state index in [0.717, 1.165) is 27.4 Å². The van der Waals surface area contributed by atoms with Gasteiger partial charge in [-0.25, -0.2) is 0 Å². The maximum atomic E-state index is 12.6. The number of amides is 1. The summed E-state index contributed by atoms with van der Waals surface area (Å²) in [6.07, 6.45) is 1.70. The highest BCUT2D eigenvalue weighted by atomic mass is 16.5. The van der Waals surface area contributed by atoms with E-state index in [4.69, 9.17) is 14.2 Å². The Kier molecular flexibility index (Phi) is 7.66. The number of nitrogens with one attached hydrogen (secondary N) is 1. The summed E-state index contributed by atoms with van der Waals surface area (Å²) in [6, 6.07) is 26.3. The number of benzene rings is 4. The molecule has 0 unspecified atom stereocenters. The van der Waals surface area contributed by atoms with Gasteiger partial charge in [0.25, 0.3) is 5.91 Å². The first-order valence-corrected chi connectivity index (χ1v) is 11.7. The quantitative estimate of drug-likeness (QED) is 0.273. The second kappa shape index (κ2) is 11.2. The molecule has 0 aliphatic heterocycles. The first-order chi connectivity index (χ1) is 17.6. The van der Waals surface area contributed by atoms with Gasteiger partial charge in [0.15, 0.2) is 11.5 Å². The molecule has 4 aromatic carbocycles. The number of fused-ring (bicyclic) bond motifs is 2. The molecule has 36 heavy (non-hydrogen) atoms. The van der Waals surface area contributed by atoms with Crippen LogP contribution in [0.4, 0.5) is 5.69 Å². The van der Waals surface area contributed by atoms with E-state index in [9.17, 15) is 4.79 Å². The summed E-state index contributed by atoms with van der Waals surface area (Å²) in [7, 11) is 3.19. The molecule has 0 radical (unpaired) electrons. The van der Waals surface area contributed by atoms with E-state index in [-0.39, 0.29) is 5.91 Å². The van der Waals surface area contributed by atoms with E-state index < -0.39 is 0 Å². The highest BCUT2D eigenvalue weighted by Crippen LogP contribution is 2.37. The number of carbonyl (C=O) groups excluding carboxylic acids is 1. The standard InChI is InChI=1S/C28H22N2O4.C2H6/c1-32-26-16-23-24(17-27(26)33-2)29-13-12-25(23)34-22-11-10-18-14-20(9-8-19(18)15-22)28(31)30-21-6-4-3-5-7-21;1-2/h3-17H,1-2H3,(H,30,31);1-2H3. The molecule has 5 rings (SSSR count). The first-order valence-electron chi connectivity index (χ1n) is 11.7. The van der Waals surface area contributed by atoms with Crippen molar-refractivity contribution in [2.45, 2.75) is 13.8 Å². The first kappa shape index (κ1) is 24.5. The minimum Gasteiger partial charge on any atom is -0.493 e. The lowest BCUT2D eigenvalue weighted by atomic mass is 10.1. The molecule has 6 nitrogen and oxygen atoms in total. The van der Waals surface area contributed by atoms with Crippen molar-refractivity contribution in [1.82, 2.24) is 4.98 Å². The summed E-state index contributed by atoms with van der Waals surface area (Å²) >= 11 is 0. The van der Waals surface area contributed by atoms with Gasteiger partial charge in [-0.15, -0.1) is 0 Å². The molecule has 0 aliphatic rings. The van der Waals surface area contributed by atoms with Gasteiger partial charge < -0.3 is 19.5 Å². The molecule has 5 aromatic rings. The lowest BCUT2D eigenvalue weighted by Gasteiger charge is -2.13. The Bertz CT molecular complexity index is 1500. The van der Waals surface area contributed by atoms with Crippen LogP contribution in [0.3, 0.4) is 0 Å². The number of para-hydroxylation sites is 1. The molecule has 0 spiro atoms. The molecule has 0 fully saturated rings. The summed E-state index contributed by atoms with van der Waals surface area (Å²) in [5, 5.41) is 5.63. The number of aromatic nitrogens is 1. The van der Waals surface area contributed by atoms with Crippen LogP contribution in [-0.4, -0.2) is 25.1 Å². The predicted octanol–water partition coefficient (Wildman–Crippen LogP) is 7.48. The normalized spacial score (nSPS) is 10.3. The second-order valence-electron chi connectivity index (χ2n) is 7.68. The zero-order valence-corrected chi connectivity index (χ0v) is 20.7. The van der Waals surface area contributed by atoms with E-state index in [1.54, 1.807) is 20.4 Å². The van der Waals surface area contributed by atoms with Crippen LogP contribution in [0.25, 0.3) is 21.7 Å². The van der Waals surface area contributed by atoms with Gasteiger partial charge in [-0.2, -0.15) is 0 Å². The van der Waals surface area contributed by atoms with Crippen molar-refractivity contribution < 1.29 is 19.0 Å². The summed E-state index contributed by atoms with van der Waals surface area (Å²) in [5.41, 5.74) is 2.09. The van der Waals surface area contributed by atoms with Crippen LogP contribution in [0.5, 0.6) is 23.0 Å². The smallest absolute Gasteiger partial charge is 0.255 e. The van der Waals surface area contributed by atoms with Crippen molar-refractivity contribution in [3.63, 3.8) is 0 Å². The fourth-order valence-electron chi connectivity index (χ4n) is 3.82. The molecule has 1 N–H and O–H groups in total. The highest BCUT2D eigenvalue weighted by molar-refractivity contribution is 6.06. The van der Waals surface area contributed by atoms with Gasteiger partial charge in [0.1, 0.15) is 11.5 Å². The van der Waals surface area contributed by atoms with E-state index in [1.807, 2.05) is 98.8 Å². The molecule has 1 amide bonds. The van der Waals surface area contributed by atoms with Crippen LogP contribution in [0.1, 0.15) is 24.2 Å². The number of pyridine rings is 1. The Balaban J connectivity index is 0.00000148. The maximum absolute atomic E-state index is 12.6. The van der Waals surface area contributed by atoms with Gasteiger partial charge in [-0.05, 0) is 59.3 Å². The zero-order chi connectivity index (χ0) is 25.5. The van der Waals surface area contributed by atoms with Crippen LogP contribution in [0.15, 0.2) is 91.1 Å². The average Bonchev–Trinajstić information content (AvgIpc) is 2.93. The van der Waals surface area contributed by atoms with E-state index in [2.05, 4.69) is 10.3 Å². The van der Waals surface area contributed by atoms with Gasteiger partial charge >= 0.3 is 0 Å². The SMILES string of the molecule is CC.COc1cc2nccc(Oc3ccc4cc(C(=O)Nc5ccccc5)ccc4c3)c2cc1OC. The lowest BCUT2D eigenvalue weighted by Crippen LogP contribution is -2.11. The maximum Gasteiger partial charge on any atom is 0.255 e. The van der Waals surface area contributed by atoms with E-state index >= 15 is 0 Å². The third kappa shape index (κ3) is 5.23. The molecular weight excluding hydrogens is 452 g/mol. The number of hydrogen-bond donors (Lipinski definition) is 1. The number of carbonyl (C=O) groups is 1. The monoisotopic (exact) mass is 480 g/mol. The third-order valence-corrected chi connectivity index (χ3v) is 5.54. The Morgan fingerprint density at radius 2 is 1.44 bits per heavy atom. The molecule has 0 atom stereocenters. The average molecular weight is 481 g/mol. The van der Waals surface area contributed by atoms with Gasteiger partial charge in [0.2, 0.25) is 0 Å². The summed E-state index contributed by atoms with van der Waals surface area (Å²) in [5.74, 6) is 2.40. The van der Waals surface area contributed by atoms with Crippen LogP contribution < -0.4 is 19.5 Å². The van der Waals surface area contributed by atoms with Crippen LogP contribution in [0.2, 0.25) is 0 Å². The molecule has 1 aromatic heterocycles. The van der Waals surface area contributed by atoms with Gasteiger partial charge in [0.05, 0.1) is 19.7 Å². The number of rotatable bonds is 6. The molecule has 0 saturated carbocycles. The largest absolute Gasteiger partial charge is 0.493 e. The minimum absolute atomic E-state index is 0.152. The lowest BCUT2D eigenvalue weighted by molar-refractivity contribution is 0.102. The van der Waals surface area contributed by atoms with E-state index in [1.165, 1.54) is 0 Å². The molecule has 1 heterocycles. The van der Waals surface area contributed by atoms with Crippen molar-refractivity contribution in [3.8, 4) is 23.0 Å². The number of nitrogens with zero attached hydrogens (tertiary/aromatic N) is 1. The summed E-state index contributed by atoms with van der Waals surface area (Å²) < 4.78 is 17.0. The predicted molar refractivity (Wildman–Crippen MR) is 145 cm³/mol. The zero-order valence-electron chi connectivity index (χ0n) is 20.7. The highest BCUT2D eigenvalue weighted by Gasteiger charge is 2.12. The van der Waals surface area contributed by atoms with Crippen molar-refractivity contribution in [2.75, 3.05) is 19.5 Å². The Morgan fingerprint density at radius 1 is 0.750 bits per heavy atom. The number of methoxy groups -OCH3 is 2. The fraction of sp³-hybridized carbons (Fsp3) is 0.133. The molecule has 0 bridgehead atoms. The van der Waals surface area contributed by atoms with Gasteiger partial charge in [0, 0.05) is 28.9 Å². The van der Waals surface area contributed by atoms with Gasteiger partial charge in [-0.1, -0.05) is 44.2 Å². The number of hydrogen-bond acceptors (Lipinski definition) is 5. The number of ether oxygens (including phenoxy) is 3. The second-order valence-corrected chi connectivity index (χ2v) is 7.68. The molecule has 0 aliphatic carbocycles. The molecular formula is C30H28N2O4. The Hall–Kier alpha value is -4.58. The van der Waals surface area contributed by atoms with Crippen molar-refractivity contribution in [1.29, 1.82) is 0 Å². The topological polar surface area (TPSA) is 69.7 Å². The third-order valence-electron chi connectivity index (χ3n) is 5.54. The molecule has 182 valence electrons. The Morgan fingerprint density at radius 3 is 2.19 bits per heavy atom. The number of anilines is 1. The van der Waals surface area contributed by atoms with Crippen LogP contribution >= 0.6 is 0 Å². The van der Waals surface area contributed by atoms with Crippen molar-refractivity contribution in [3.05, 3.63) is 96.7 Å². The molecule has 0 saturated heterocycles. The fourth-order valence-corrected chi connectivity index (χ4v) is 3.82. The van der Waals surface area contributed by atoms with Crippen molar-refractivity contribution >= 4 is 33.3 Å². The van der Waals surface area contributed by atoms with Crippen LogP contribution in [-0.2, 0) is 0 Å². The van der Waals surface area contributed by atoms with Crippen LogP contribution in [0, 0.1) is 0 Å². The minimum atomic E-state index is -0.152. The summed E-state index contributed by atoms with van der Waals surface area (Å²) in [4.78, 5) is 17.0. The molecule has 6 heteroatoms. The Labute approximate surface area is 210 Å².